The van der Waals surface area contributed by atoms with Gasteiger partial charge in [0.1, 0.15) is 0 Å². The summed E-state index contributed by atoms with van der Waals surface area (Å²) in [6.45, 7) is 1.50. The Kier molecular flexibility index (Phi) is 5.29. The van der Waals surface area contributed by atoms with Gasteiger partial charge in [0, 0.05) is 28.2 Å². The van der Waals surface area contributed by atoms with Gasteiger partial charge in [-0.05, 0) is 55.5 Å². The van der Waals surface area contributed by atoms with Gasteiger partial charge in [0.25, 0.3) is 5.91 Å². The highest BCUT2D eigenvalue weighted by atomic mass is 35.5. The highest BCUT2D eigenvalue weighted by Crippen LogP contribution is 2.20. The monoisotopic (exact) mass is 365 g/mol. The lowest BCUT2D eigenvalue weighted by molar-refractivity contribution is 0.101. The number of hydrogen-bond acceptors (Lipinski definition) is 4. The van der Waals surface area contributed by atoms with Crippen LogP contribution in [0.4, 0.5) is 17.1 Å². The summed E-state index contributed by atoms with van der Waals surface area (Å²) in [5.74, 6) is -0.310. The number of carbonyl (C=O) groups excluding carboxylic acids is 2. The van der Waals surface area contributed by atoms with Crippen LogP contribution in [0.5, 0.6) is 0 Å². The second kappa shape index (κ2) is 7.80. The predicted octanol–water partition coefficient (Wildman–Crippen LogP) is 4.93. The van der Waals surface area contributed by atoms with Crippen molar-refractivity contribution in [2.24, 2.45) is 0 Å². The molecular weight excluding hydrogens is 350 g/mol. The molecule has 1 aromatic heterocycles. The molecule has 0 aliphatic carbocycles. The van der Waals surface area contributed by atoms with E-state index in [-0.39, 0.29) is 11.7 Å². The lowest BCUT2D eigenvalue weighted by Gasteiger charge is -2.09. The van der Waals surface area contributed by atoms with Crippen LogP contribution in [0.1, 0.15) is 27.6 Å². The van der Waals surface area contributed by atoms with Gasteiger partial charge in [-0.3, -0.25) is 14.6 Å². The number of hydrogen-bond donors (Lipinski definition) is 2. The van der Waals surface area contributed by atoms with E-state index < -0.39 is 0 Å². The van der Waals surface area contributed by atoms with Crippen molar-refractivity contribution in [2.45, 2.75) is 6.92 Å². The third kappa shape index (κ3) is 4.46. The van der Waals surface area contributed by atoms with Gasteiger partial charge in [-0.25, -0.2) is 0 Å². The Morgan fingerprint density at radius 3 is 2.35 bits per heavy atom. The van der Waals surface area contributed by atoms with Gasteiger partial charge in [0.05, 0.1) is 17.4 Å². The number of pyridine rings is 1. The minimum absolute atomic E-state index is 0.0214. The van der Waals surface area contributed by atoms with Gasteiger partial charge < -0.3 is 10.6 Å². The summed E-state index contributed by atoms with van der Waals surface area (Å²) in [5, 5.41) is 6.56. The quantitative estimate of drug-likeness (QED) is 0.628. The Morgan fingerprint density at radius 1 is 0.885 bits per heavy atom. The minimum atomic E-state index is -0.289. The zero-order valence-corrected chi connectivity index (χ0v) is 14.7. The molecule has 0 bridgehead atoms. The fourth-order valence-electron chi connectivity index (χ4n) is 2.36. The van der Waals surface area contributed by atoms with E-state index in [1.54, 1.807) is 48.7 Å². The Balaban J connectivity index is 1.72. The topological polar surface area (TPSA) is 71.1 Å². The highest BCUT2D eigenvalue weighted by Gasteiger charge is 2.08. The number of ketones is 1. The molecule has 6 heteroatoms. The van der Waals surface area contributed by atoms with Crippen molar-refractivity contribution in [2.75, 3.05) is 10.6 Å². The van der Waals surface area contributed by atoms with E-state index in [1.807, 2.05) is 12.1 Å². The highest BCUT2D eigenvalue weighted by molar-refractivity contribution is 6.30. The number of halogens is 1. The molecule has 0 spiro atoms. The van der Waals surface area contributed by atoms with Crippen LogP contribution < -0.4 is 10.6 Å². The summed E-state index contributed by atoms with van der Waals surface area (Å²) in [5.41, 5.74) is 3.08. The lowest BCUT2D eigenvalue weighted by atomic mass is 10.1. The smallest absolute Gasteiger partial charge is 0.257 e. The average molecular weight is 366 g/mol. The molecule has 0 atom stereocenters. The van der Waals surface area contributed by atoms with Crippen LogP contribution in [0.2, 0.25) is 5.02 Å². The molecule has 130 valence electrons. The van der Waals surface area contributed by atoms with Crippen LogP contribution >= 0.6 is 11.6 Å². The largest absolute Gasteiger partial charge is 0.354 e. The van der Waals surface area contributed by atoms with Crippen molar-refractivity contribution in [1.29, 1.82) is 0 Å². The van der Waals surface area contributed by atoms with Gasteiger partial charge in [0.2, 0.25) is 0 Å². The summed E-state index contributed by atoms with van der Waals surface area (Å²) >= 11 is 5.97. The van der Waals surface area contributed by atoms with Crippen molar-refractivity contribution in [3.63, 3.8) is 0 Å². The standard InChI is InChI=1S/C20H16ClN3O2/c1-13(25)14-5-7-17(8-6-14)24-20(26)15-9-19(12-22-11-15)23-18-4-2-3-16(21)10-18/h2-12,23H,1H3,(H,24,26). The van der Waals surface area contributed by atoms with E-state index in [9.17, 15) is 9.59 Å². The van der Waals surface area contributed by atoms with Crippen LogP contribution in [0.3, 0.4) is 0 Å². The van der Waals surface area contributed by atoms with Gasteiger partial charge in [-0.2, -0.15) is 0 Å². The Morgan fingerprint density at radius 2 is 1.65 bits per heavy atom. The van der Waals surface area contributed by atoms with Crippen molar-refractivity contribution < 1.29 is 9.59 Å². The first-order chi connectivity index (χ1) is 12.5. The number of anilines is 3. The third-order valence-electron chi connectivity index (χ3n) is 3.66. The van der Waals surface area contributed by atoms with E-state index in [2.05, 4.69) is 15.6 Å². The van der Waals surface area contributed by atoms with Gasteiger partial charge in [-0.15, -0.1) is 0 Å². The number of benzene rings is 2. The molecule has 0 aliphatic heterocycles. The van der Waals surface area contributed by atoms with E-state index in [4.69, 9.17) is 11.6 Å². The normalized spacial score (nSPS) is 10.2. The van der Waals surface area contributed by atoms with E-state index in [0.29, 0.717) is 27.5 Å². The van der Waals surface area contributed by atoms with Crippen LogP contribution in [0, 0.1) is 0 Å². The summed E-state index contributed by atoms with van der Waals surface area (Å²) < 4.78 is 0. The molecule has 0 fully saturated rings. The fourth-order valence-corrected chi connectivity index (χ4v) is 2.55. The Labute approximate surface area is 156 Å². The number of rotatable bonds is 5. The maximum Gasteiger partial charge on any atom is 0.257 e. The van der Waals surface area contributed by atoms with Gasteiger partial charge in [0.15, 0.2) is 5.78 Å². The molecule has 3 aromatic rings. The molecule has 1 amide bonds. The second-order valence-corrected chi connectivity index (χ2v) is 6.12. The zero-order valence-electron chi connectivity index (χ0n) is 14.0. The summed E-state index contributed by atoms with van der Waals surface area (Å²) in [6.07, 6.45) is 3.11. The van der Waals surface area contributed by atoms with E-state index >= 15 is 0 Å². The van der Waals surface area contributed by atoms with Crippen molar-refractivity contribution >= 4 is 40.4 Å². The van der Waals surface area contributed by atoms with Gasteiger partial charge >= 0.3 is 0 Å². The van der Waals surface area contributed by atoms with E-state index in [1.165, 1.54) is 13.1 Å². The molecule has 0 radical (unpaired) electrons. The minimum Gasteiger partial charge on any atom is -0.354 e. The van der Waals surface area contributed by atoms with Crippen molar-refractivity contribution in [3.05, 3.63) is 83.1 Å². The number of nitrogens with zero attached hydrogens (tertiary/aromatic N) is 1. The number of amides is 1. The first kappa shape index (κ1) is 17.6. The molecule has 1 heterocycles. The molecule has 26 heavy (non-hydrogen) atoms. The maximum atomic E-state index is 12.4. The second-order valence-electron chi connectivity index (χ2n) is 5.69. The molecule has 0 unspecified atom stereocenters. The third-order valence-corrected chi connectivity index (χ3v) is 3.90. The van der Waals surface area contributed by atoms with Crippen LogP contribution in [-0.2, 0) is 0 Å². The molecule has 2 N–H and O–H groups in total. The fraction of sp³-hybridized carbons (Fsp3) is 0.0500. The van der Waals surface area contributed by atoms with Crippen LogP contribution in [0.15, 0.2) is 67.0 Å². The van der Waals surface area contributed by atoms with Crippen LogP contribution in [0.25, 0.3) is 0 Å². The molecule has 0 saturated carbocycles. The SMILES string of the molecule is CC(=O)c1ccc(NC(=O)c2cncc(Nc3cccc(Cl)c3)c2)cc1. The summed E-state index contributed by atoms with van der Waals surface area (Å²) in [7, 11) is 0. The Bertz CT molecular complexity index is 955. The predicted molar refractivity (Wildman–Crippen MR) is 103 cm³/mol. The molecule has 0 saturated heterocycles. The molecule has 3 rings (SSSR count). The number of carbonyl (C=O) groups is 2. The molecule has 5 nitrogen and oxygen atoms in total. The number of Topliss-reactive ketones (excluding diaryl/α,β-unsaturated/α-hetero) is 1. The number of nitrogens with one attached hydrogen (secondary N) is 2. The lowest BCUT2D eigenvalue weighted by Crippen LogP contribution is -2.12. The van der Waals surface area contributed by atoms with Crippen molar-refractivity contribution in [3.8, 4) is 0 Å². The zero-order chi connectivity index (χ0) is 18.5. The van der Waals surface area contributed by atoms with Crippen molar-refractivity contribution in [1.82, 2.24) is 4.98 Å². The molecular formula is C20H16ClN3O2. The Hall–Kier alpha value is -3.18. The molecule has 0 aliphatic rings. The number of aromatic nitrogens is 1. The first-order valence-corrected chi connectivity index (χ1v) is 8.29. The maximum absolute atomic E-state index is 12.4. The first-order valence-electron chi connectivity index (χ1n) is 7.91. The van der Waals surface area contributed by atoms with Crippen LogP contribution in [-0.4, -0.2) is 16.7 Å². The summed E-state index contributed by atoms with van der Waals surface area (Å²) in [4.78, 5) is 27.8. The van der Waals surface area contributed by atoms with Gasteiger partial charge in [-0.1, -0.05) is 17.7 Å². The van der Waals surface area contributed by atoms with E-state index in [0.717, 1.165) is 5.69 Å². The molecule has 2 aromatic carbocycles. The summed E-state index contributed by atoms with van der Waals surface area (Å²) in [6, 6.07) is 15.7. The average Bonchev–Trinajstić information content (AvgIpc) is 2.62.